The number of aromatic nitrogens is 2. The van der Waals surface area contributed by atoms with Crippen LogP contribution in [0, 0.1) is 4.77 Å². The number of aromatic hydroxyl groups is 1. The zero-order valence-electron chi connectivity index (χ0n) is 20.2. The number of fused-ring (bicyclic) bond motifs is 1. The molecule has 0 radical (unpaired) electrons. The lowest BCUT2D eigenvalue weighted by Gasteiger charge is -2.16. The summed E-state index contributed by atoms with van der Waals surface area (Å²) in [6, 6.07) is 14.2. The minimum atomic E-state index is -4.14. The molecule has 1 aromatic heterocycles. The number of nitrogens with zero attached hydrogens (tertiary/aromatic N) is 3. The predicted octanol–water partition coefficient (Wildman–Crippen LogP) is 4.01. The SMILES string of the molecule is O=S(=O)(O)CCCN1C(=C=Cc2c(O)n(-c3ccccc3)c(=S)n2CCOCCO)Oc2ccc(Cl)cc21. The van der Waals surface area contributed by atoms with E-state index in [1.165, 1.54) is 10.6 Å². The van der Waals surface area contributed by atoms with Crippen molar-refractivity contribution in [3.05, 3.63) is 75.6 Å². The van der Waals surface area contributed by atoms with Crippen molar-refractivity contribution in [2.45, 2.75) is 13.0 Å². The number of hydrogen-bond donors (Lipinski definition) is 3. The second-order valence-electron chi connectivity index (χ2n) is 8.25. The van der Waals surface area contributed by atoms with Gasteiger partial charge in [-0.15, -0.1) is 0 Å². The molecular formula is C25H26ClN3O7S2. The Hall–Kier alpha value is -3.09. The molecule has 0 saturated carbocycles. The lowest BCUT2D eigenvalue weighted by molar-refractivity contribution is 0.0867. The van der Waals surface area contributed by atoms with Gasteiger partial charge in [-0.25, -0.2) is 0 Å². The van der Waals surface area contributed by atoms with Crippen LogP contribution in [0.15, 0.2) is 60.1 Å². The topological polar surface area (TPSA) is 126 Å². The van der Waals surface area contributed by atoms with Crippen LogP contribution in [0.25, 0.3) is 11.8 Å². The largest absolute Gasteiger partial charge is 0.493 e. The van der Waals surface area contributed by atoms with Gasteiger partial charge in [0.25, 0.3) is 10.1 Å². The van der Waals surface area contributed by atoms with Gasteiger partial charge in [-0.3, -0.25) is 9.12 Å². The summed E-state index contributed by atoms with van der Waals surface area (Å²) in [5.41, 5.74) is 4.68. The van der Waals surface area contributed by atoms with Crippen LogP contribution in [0.3, 0.4) is 0 Å². The van der Waals surface area contributed by atoms with Crippen molar-refractivity contribution in [2.24, 2.45) is 0 Å². The van der Waals surface area contributed by atoms with Crippen LogP contribution in [-0.4, -0.2) is 64.4 Å². The Kier molecular flexibility index (Phi) is 8.95. The number of halogens is 1. The molecule has 10 nitrogen and oxygen atoms in total. The first-order valence-corrected chi connectivity index (χ1v) is 14.0. The maximum atomic E-state index is 11.2. The lowest BCUT2D eigenvalue weighted by Crippen LogP contribution is -2.23. The number of rotatable bonds is 11. The highest BCUT2D eigenvalue weighted by Crippen LogP contribution is 2.40. The highest BCUT2D eigenvalue weighted by molar-refractivity contribution is 7.85. The van der Waals surface area contributed by atoms with Crippen LogP contribution >= 0.6 is 23.8 Å². The fourth-order valence-electron chi connectivity index (χ4n) is 3.96. The van der Waals surface area contributed by atoms with Gasteiger partial charge in [0.05, 0.1) is 36.9 Å². The molecule has 0 unspecified atom stereocenters. The van der Waals surface area contributed by atoms with Gasteiger partial charge in [0.1, 0.15) is 5.69 Å². The van der Waals surface area contributed by atoms with Gasteiger partial charge < -0.3 is 29.2 Å². The highest BCUT2D eigenvalue weighted by Gasteiger charge is 2.27. The molecule has 0 saturated heterocycles. The van der Waals surface area contributed by atoms with Crippen LogP contribution in [0.5, 0.6) is 11.6 Å². The summed E-state index contributed by atoms with van der Waals surface area (Å²) >= 11 is 11.8. The third kappa shape index (κ3) is 6.48. The number of benzene rings is 2. The maximum absolute atomic E-state index is 11.2. The molecule has 38 heavy (non-hydrogen) atoms. The Bertz CT molecular complexity index is 1530. The molecule has 1 aliphatic heterocycles. The van der Waals surface area contributed by atoms with Crippen LogP contribution < -0.4 is 9.64 Å². The van der Waals surface area contributed by atoms with E-state index < -0.39 is 15.9 Å². The average molecular weight is 580 g/mol. The average Bonchev–Trinajstić information content (AvgIpc) is 3.33. The second kappa shape index (κ2) is 12.2. The normalized spacial score (nSPS) is 12.8. The molecule has 2 heterocycles. The molecule has 1 aliphatic rings. The van der Waals surface area contributed by atoms with E-state index in [1.807, 2.05) is 30.3 Å². The van der Waals surface area contributed by atoms with Crippen molar-refractivity contribution in [3.8, 4) is 17.3 Å². The molecule has 3 N–H and O–H groups in total. The molecule has 3 aromatic rings. The van der Waals surface area contributed by atoms with E-state index >= 15 is 0 Å². The first-order chi connectivity index (χ1) is 18.2. The number of para-hydroxylation sites is 1. The van der Waals surface area contributed by atoms with Crippen LogP contribution in [0.4, 0.5) is 5.69 Å². The smallest absolute Gasteiger partial charge is 0.264 e. The van der Waals surface area contributed by atoms with E-state index in [0.717, 1.165) is 0 Å². The summed E-state index contributed by atoms with van der Waals surface area (Å²) in [6.45, 7) is 0.787. The van der Waals surface area contributed by atoms with Crippen molar-refractivity contribution in [1.29, 1.82) is 0 Å². The van der Waals surface area contributed by atoms with Gasteiger partial charge in [-0.05, 0) is 49.0 Å². The van der Waals surface area contributed by atoms with Crippen molar-refractivity contribution in [3.63, 3.8) is 0 Å². The van der Waals surface area contributed by atoms with E-state index in [2.05, 4.69) is 5.73 Å². The van der Waals surface area contributed by atoms with Gasteiger partial charge in [0.2, 0.25) is 11.8 Å². The molecule has 2 aromatic carbocycles. The van der Waals surface area contributed by atoms with Crippen molar-refractivity contribution in [2.75, 3.05) is 37.0 Å². The van der Waals surface area contributed by atoms with Crippen molar-refractivity contribution in [1.82, 2.24) is 9.13 Å². The fourth-order valence-corrected chi connectivity index (χ4v) is 5.00. The third-order valence-electron chi connectivity index (χ3n) is 5.64. The molecule has 202 valence electrons. The number of aliphatic hydroxyl groups excluding tert-OH is 1. The van der Waals surface area contributed by atoms with Gasteiger partial charge in [0, 0.05) is 24.2 Å². The molecule has 0 fully saturated rings. The standard InChI is InChI=1S/C25H26ClN3O7S2/c26-18-7-9-22-21(17-18)27(11-4-16-38(32,33)34)23(36-22)10-8-20-24(31)29(19-5-2-1-3-6-19)25(37)28(20)12-14-35-15-13-30/h1-3,5-9,17,30-31H,4,11-16H2,(H,32,33,34). The molecule has 0 atom stereocenters. The Morgan fingerprint density at radius 3 is 2.61 bits per heavy atom. The van der Waals surface area contributed by atoms with E-state index in [-0.39, 0.29) is 44.5 Å². The predicted molar refractivity (Wildman–Crippen MR) is 146 cm³/mol. The highest BCUT2D eigenvalue weighted by atomic mass is 35.5. The van der Waals surface area contributed by atoms with Gasteiger partial charge in [-0.1, -0.05) is 35.5 Å². The molecule has 0 aliphatic carbocycles. The minimum Gasteiger partial charge on any atom is -0.493 e. The van der Waals surface area contributed by atoms with Crippen LogP contribution in [0.2, 0.25) is 5.02 Å². The third-order valence-corrected chi connectivity index (χ3v) is 7.09. The van der Waals surface area contributed by atoms with Crippen LogP contribution in [-0.2, 0) is 21.4 Å². The van der Waals surface area contributed by atoms with Gasteiger partial charge in [-0.2, -0.15) is 8.42 Å². The zero-order valence-corrected chi connectivity index (χ0v) is 22.5. The summed E-state index contributed by atoms with van der Waals surface area (Å²) in [7, 11) is -4.14. The number of imidazole rings is 1. The van der Waals surface area contributed by atoms with Crippen molar-refractivity contribution >= 4 is 45.7 Å². The summed E-state index contributed by atoms with van der Waals surface area (Å²) in [5, 5.41) is 20.6. The minimum absolute atomic E-state index is 0.115. The Labute approximate surface area is 230 Å². The summed E-state index contributed by atoms with van der Waals surface area (Å²) < 4.78 is 46.5. The van der Waals surface area contributed by atoms with Crippen molar-refractivity contribution < 1.29 is 32.7 Å². The first kappa shape index (κ1) is 27.9. The molecule has 13 heteroatoms. The van der Waals surface area contributed by atoms with E-state index in [4.69, 9.17) is 43.0 Å². The maximum Gasteiger partial charge on any atom is 0.264 e. The summed E-state index contributed by atoms with van der Waals surface area (Å²) in [4.78, 5) is 1.69. The Morgan fingerprint density at radius 2 is 1.89 bits per heavy atom. The monoisotopic (exact) mass is 579 g/mol. The number of hydrogen-bond acceptors (Lipinski definition) is 8. The molecule has 4 rings (SSSR count). The second-order valence-corrected chi connectivity index (χ2v) is 10.6. The number of aliphatic hydroxyl groups is 1. The van der Waals surface area contributed by atoms with E-state index in [1.54, 1.807) is 27.7 Å². The summed E-state index contributed by atoms with van der Waals surface area (Å²) in [6.07, 6.45) is 1.64. The van der Waals surface area contributed by atoms with E-state index in [0.29, 0.717) is 39.2 Å². The first-order valence-electron chi connectivity index (χ1n) is 11.6. The number of anilines is 1. The molecule has 0 spiro atoms. The molecule has 0 bridgehead atoms. The Morgan fingerprint density at radius 1 is 1.13 bits per heavy atom. The fraction of sp³-hybridized carbons (Fsp3) is 0.280. The molecule has 0 amide bonds. The quantitative estimate of drug-likeness (QED) is 0.134. The Balaban J connectivity index is 1.76. The molecular weight excluding hydrogens is 554 g/mol. The number of ether oxygens (including phenoxy) is 2. The van der Waals surface area contributed by atoms with Gasteiger partial charge in [0.15, 0.2) is 10.5 Å². The van der Waals surface area contributed by atoms with Crippen LogP contribution in [0.1, 0.15) is 12.1 Å². The summed E-state index contributed by atoms with van der Waals surface area (Å²) in [5.74, 6) is 0.202. The zero-order chi connectivity index (χ0) is 27.3. The lowest BCUT2D eigenvalue weighted by atomic mass is 10.2. The van der Waals surface area contributed by atoms with Gasteiger partial charge >= 0.3 is 0 Å². The van der Waals surface area contributed by atoms with E-state index in [9.17, 15) is 13.5 Å².